The average Bonchev–Trinajstić information content (AvgIpc) is 2.37. The van der Waals surface area contributed by atoms with Crippen LogP contribution < -0.4 is 4.74 Å². The molecule has 0 unspecified atom stereocenters. The summed E-state index contributed by atoms with van der Waals surface area (Å²) in [5, 5.41) is 18.0. The molecule has 1 aromatic rings. The van der Waals surface area contributed by atoms with E-state index in [0.29, 0.717) is 0 Å². The van der Waals surface area contributed by atoms with Crippen molar-refractivity contribution in [3.63, 3.8) is 0 Å². The number of aromatic hydroxyl groups is 1. The summed E-state index contributed by atoms with van der Waals surface area (Å²) in [6.45, 7) is 3.21. The minimum atomic E-state index is -1.07. The van der Waals surface area contributed by atoms with Crippen molar-refractivity contribution in [2.45, 2.75) is 12.8 Å². The van der Waals surface area contributed by atoms with Crippen LogP contribution in [0.1, 0.15) is 23.2 Å². The molecule has 2 N–H and O–H groups in total. The topological polar surface area (TPSA) is 101 Å². The molecule has 0 aromatic heterocycles. The lowest BCUT2D eigenvalue weighted by Crippen LogP contribution is -2.05. The van der Waals surface area contributed by atoms with E-state index in [1.165, 1.54) is 12.1 Å². The van der Waals surface area contributed by atoms with E-state index in [1.807, 2.05) is 0 Å². The van der Waals surface area contributed by atoms with E-state index in [0.717, 1.165) is 12.1 Å². The predicted octanol–water partition coefficient (Wildman–Crippen LogP) is 1.53. The van der Waals surface area contributed by atoms with Gasteiger partial charge in [0, 0.05) is 18.1 Å². The fourth-order valence-corrected chi connectivity index (χ4v) is 1.29. The smallest absolute Gasteiger partial charge is 0.335 e. The highest BCUT2D eigenvalue weighted by atomic mass is 16.5. The van der Waals surface area contributed by atoms with E-state index in [1.54, 1.807) is 0 Å². The number of carbonyl (C=O) groups excluding carboxylic acids is 2. The van der Waals surface area contributed by atoms with E-state index in [9.17, 15) is 19.5 Å². The average molecular weight is 264 g/mol. The molecule has 6 heteroatoms. The number of benzene rings is 1. The normalized spacial score (nSPS) is 9.68. The quantitative estimate of drug-likeness (QED) is 0.350. The summed E-state index contributed by atoms with van der Waals surface area (Å²) < 4.78 is 4.71. The highest BCUT2D eigenvalue weighted by Gasteiger charge is 2.12. The third-order valence-corrected chi connectivity index (χ3v) is 2.22. The van der Waals surface area contributed by atoms with Crippen molar-refractivity contribution in [2.24, 2.45) is 0 Å². The van der Waals surface area contributed by atoms with Gasteiger partial charge in [-0.15, -0.1) is 0 Å². The minimum Gasteiger partial charge on any atom is -0.504 e. The van der Waals surface area contributed by atoms with Crippen LogP contribution in [0.4, 0.5) is 0 Å². The first-order valence-electron chi connectivity index (χ1n) is 5.36. The molecule has 0 fully saturated rings. The fraction of sp³-hybridized carbons (Fsp3) is 0.154. The van der Waals surface area contributed by atoms with Crippen molar-refractivity contribution in [3.05, 3.63) is 36.4 Å². The number of esters is 1. The molecule has 1 rings (SSSR count). The second-order valence-electron chi connectivity index (χ2n) is 3.62. The Balaban J connectivity index is 2.81. The number of carboxylic acid groups (broad SMARTS) is 1. The Kier molecular flexibility index (Phi) is 4.82. The number of ether oxygens (including phenoxy) is 1. The molecule has 0 saturated carbocycles. The van der Waals surface area contributed by atoms with Gasteiger partial charge in [0.2, 0.25) is 0 Å². The van der Waals surface area contributed by atoms with Crippen LogP contribution in [0.15, 0.2) is 30.9 Å². The SMILES string of the molecule is C=CC(=O)Oc1ccc(C(=O)CCC(=O)O)cc1O. The molecule has 0 aliphatic heterocycles. The van der Waals surface area contributed by atoms with Gasteiger partial charge in [0.05, 0.1) is 6.42 Å². The van der Waals surface area contributed by atoms with Crippen LogP contribution in [0.3, 0.4) is 0 Å². The molecular formula is C13H12O6. The summed E-state index contributed by atoms with van der Waals surface area (Å²) in [5.41, 5.74) is 0.150. The number of ketones is 1. The van der Waals surface area contributed by atoms with Gasteiger partial charge in [-0.1, -0.05) is 6.58 Å². The predicted molar refractivity (Wildman–Crippen MR) is 65.1 cm³/mol. The molecule has 0 radical (unpaired) electrons. The molecule has 0 aliphatic rings. The van der Waals surface area contributed by atoms with Gasteiger partial charge in [-0.2, -0.15) is 0 Å². The van der Waals surface area contributed by atoms with E-state index in [2.05, 4.69) is 6.58 Å². The molecule has 6 nitrogen and oxygen atoms in total. The third kappa shape index (κ3) is 4.27. The molecule has 0 saturated heterocycles. The number of hydrogen-bond acceptors (Lipinski definition) is 5. The maximum atomic E-state index is 11.6. The highest BCUT2D eigenvalue weighted by Crippen LogP contribution is 2.27. The first-order chi connectivity index (χ1) is 8.93. The molecule has 100 valence electrons. The Labute approximate surface area is 108 Å². The maximum absolute atomic E-state index is 11.6. The summed E-state index contributed by atoms with van der Waals surface area (Å²) in [4.78, 5) is 32.9. The van der Waals surface area contributed by atoms with Crippen LogP contribution in [0.2, 0.25) is 0 Å². The van der Waals surface area contributed by atoms with Crippen LogP contribution in [-0.4, -0.2) is 27.9 Å². The monoisotopic (exact) mass is 264 g/mol. The van der Waals surface area contributed by atoms with Crippen molar-refractivity contribution in [1.82, 2.24) is 0 Å². The van der Waals surface area contributed by atoms with Gasteiger partial charge in [-0.3, -0.25) is 9.59 Å². The Hall–Kier alpha value is -2.63. The lowest BCUT2D eigenvalue weighted by atomic mass is 10.1. The minimum absolute atomic E-state index is 0.0975. The Morgan fingerprint density at radius 2 is 1.95 bits per heavy atom. The van der Waals surface area contributed by atoms with Gasteiger partial charge >= 0.3 is 11.9 Å². The van der Waals surface area contributed by atoms with Crippen molar-refractivity contribution in [3.8, 4) is 11.5 Å². The summed E-state index contributed by atoms with van der Waals surface area (Å²) >= 11 is 0. The molecule has 0 heterocycles. The van der Waals surface area contributed by atoms with Gasteiger partial charge in [-0.25, -0.2) is 4.79 Å². The van der Waals surface area contributed by atoms with Crippen molar-refractivity contribution < 1.29 is 29.3 Å². The number of carboxylic acids is 1. The van der Waals surface area contributed by atoms with E-state index in [-0.39, 0.29) is 29.9 Å². The van der Waals surface area contributed by atoms with Crippen molar-refractivity contribution in [1.29, 1.82) is 0 Å². The second kappa shape index (κ2) is 6.34. The zero-order chi connectivity index (χ0) is 14.4. The number of carbonyl (C=O) groups is 3. The van der Waals surface area contributed by atoms with Crippen LogP contribution in [0.5, 0.6) is 11.5 Å². The molecule has 1 aromatic carbocycles. The Bertz CT molecular complexity index is 532. The van der Waals surface area contributed by atoms with Gasteiger partial charge in [0.25, 0.3) is 0 Å². The third-order valence-electron chi connectivity index (χ3n) is 2.22. The number of Topliss-reactive ketones (excluding diaryl/α,β-unsaturated/α-hetero) is 1. The summed E-state index contributed by atoms with van der Waals surface area (Å²) in [6, 6.07) is 3.72. The number of rotatable bonds is 6. The van der Waals surface area contributed by atoms with Gasteiger partial charge in [0.1, 0.15) is 0 Å². The van der Waals surface area contributed by atoms with Gasteiger partial charge in [-0.05, 0) is 18.2 Å². The molecule has 0 bridgehead atoms. The molecule has 19 heavy (non-hydrogen) atoms. The fourth-order valence-electron chi connectivity index (χ4n) is 1.29. The molecule has 0 amide bonds. The van der Waals surface area contributed by atoms with Crippen LogP contribution in [-0.2, 0) is 9.59 Å². The lowest BCUT2D eigenvalue weighted by Gasteiger charge is -2.06. The van der Waals surface area contributed by atoms with Crippen LogP contribution >= 0.6 is 0 Å². The van der Waals surface area contributed by atoms with Crippen molar-refractivity contribution >= 4 is 17.7 Å². The number of hydrogen-bond donors (Lipinski definition) is 2. The molecule has 0 atom stereocenters. The second-order valence-corrected chi connectivity index (χ2v) is 3.62. The first kappa shape index (κ1) is 14.4. The number of aliphatic carboxylic acids is 1. The van der Waals surface area contributed by atoms with Crippen LogP contribution in [0.25, 0.3) is 0 Å². The largest absolute Gasteiger partial charge is 0.504 e. The summed E-state index contributed by atoms with van der Waals surface area (Å²) in [6.07, 6.45) is 0.485. The molecule has 0 aliphatic carbocycles. The lowest BCUT2D eigenvalue weighted by molar-refractivity contribution is -0.137. The Morgan fingerprint density at radius 3 is 2.47 bits per heavy atom. The van der Waals surface area contributed by atoms with Gasteiger partial charge in [0.15, 0.2) is 17.3 Å². The molecule has 0 spiro atoms. The molecular weight excluding hydrogens is 252 g/mol. The van der Waals surface area contributed by atoms with Crippen molar-refractivity contribution in [2.75, 3.05) is 0 Å². The zero-order valence-corrected chi connectivity index (χ0v) is 9.96. The first-order valence-corrected chi connectivity index (χ1v) is 5.36. The maximum Gasteiger partial charge on any atom is 0.335 e. The van der Waals surface area contributed by atoms with E-state index >= 15 is 0 Å². The summed E-state index contributed by atoms with van der Waals surface area (Å²) in [7, 11) is 0. The van der Waals surface area contributed by atoms with E-state index < -0.39 is 17.7 Å². The van der Waals surface area contributed by atoms with Crippen LogP contribution in [0, 0.1) is 0 Å². The zero-order valence-electron chi connectivity index (χ0n) is 9.96. The Morgan fingerprint density at radius 1 is 1.26 bits per heavy atom. The number of phenols is 1. The van der Waals surface area contributed by atoms with Gasteiger partial charge < -0.3 is 14.9 Å². The summed E-state index contributed by atoms with van der Waals surface area (Å²) in [5.74, 6) is -2.70. The highest BCUT2D eigenvalue weighted by molar-refractivity contribution is 5.98. The van der Waals surface area contributed by atoms with E-state index in [4.69, 9.17) is 9.84 Å². The standard InChI is InChI=1S/C13H12O6/c1-2-13(18)19-11-5-3-8(7-10(11)15)9(14)4-6-12(16)17/h2-3,5,7,15H,1,4,6H2,(H,16,17). The number of phenolic OH excluding ortho intramolecular Hbond substituents is 1.